The lowest BCUT2D eigenvalue weighted by molar-refractivity contribution is 0.577. The lowest BCUT2D eigenvalue weighted by Crippen LogP contribution is -2.25. The maximum absolute atomic E-state index is 12.0. The molecular formula is C12H19NO2S. The van der Waals surface area contributed by atoms with Gasteiger partial charge in [0.15, 0.2) is 0 Å². The minimum atomic E-state index is -3.33. The molecule has 0 aliphatic heterocycles. The van der Waals surface area contributed by atoms with Crippen molar-refractivity contribution in [2.45, 2.75) is 38.0 Å². The van der Waals surface area contributed by atoms with Gasteiger partial charge in [0.25, 0.3) is 0 Å². The van der Waals surface area contributed by atoms with E-state index >= 15 is 0 Å². The van der Waals surface area contributed by atoms with E-state index in [1.165, 1.54) is 0 Å². The second kappa shape index (κ2) is 6.01. The molecule has 1 aromatic rings. The lowest BCUT2D eigenvalue weighted by Gasteiger charge is -2.09. The summed E-state index contributed by atoms with van der Waals surface area (Å²) in [6.07, 6.45) is 2.58. The number of benzene rings is 1. The van der Waals surface area contributed by atoms with Crippen LogP contribution in [0.3, 0.4) is 0 Å². The molecule has 0 amide bonds. The molecule has 3 nitrogen and oxygen atoms in total. The molecule has 0 aliphatic carbocycles. The largest absolute Gasteiger partial charge is 0.240 e. The minimum absolute atomic E-state index is 0.411. The van der Waals surface area contributed by atoms with E-state index in [0.717, 1.165) is 24.8 Å². The predicted molar refractivity (Wildman–Crippen MR) is 65.9 cm³/mol. The van der Waals surface area contributed by atoms with Gasteiger partial charge in [-0.05, 0) is 24.5 Å². The SMILES string of the molecule is CCCCNS(=O)(=O)c1ccccc1CC. The zero-order valence-electron chi connectivity index (χ0n) is 9.86. The van der Waals surface area contributed by atoms with Gasteiger partial charge in [0.2, 0.25) is 10.0 Å². The highest BCUT2D eigenvalue weighted by Gasteiger charge is 2.15. The van der Waals surface area contributed by atoms with Crippen LogP contribution >= 0.6 is 0 Å². The van der Waals surface area contributed by atoms with Crippen molar-refractivity contribution in [2.75, 3.05) is 6.54 Å². The zero-order valence-corrected chi connectivity index (χ0v) is 10.7. The zero-order chi connectivity index (χ0) is 12.0. The van der Waals surface area contributed by atoms with E-state index in [9.17, 15) is 8.42 Å². The molecule has 1 rings (SSSR count). The van der Waals surface area contributed by atoms with E-state index < -0.39 is 10.0 Å². The third kappa shape index (κ3) is 3.32. The first-order valence-electron chi connectivity index (χ1n) is 5.69. The van der Waals surface area contributed by atoms with Crippen LogP contribution in [0.5, 0.6) is 0 Å². The van der Waals surface area contributed by atoms with Crippen molar-refractivity contribution >= 4 is 10.0 Å². The van der Waals surface area contributed by atoms with E-state index in [2.05, 4.69) is 4.72 Å². The molecule has 0 fully saturated rings. The second-order valence-electron chi connectivity index (χ2n) is 3.71. The van der Waals surface area contributed by atoms with E-state index in [4.69, 9.17) is 0 Å². The summed E-state index contributed by atoms with van der Waals surface area (Å²) in [5.41, 5.74) is 0.867. The molecule has 0 atom stereocenters. The van der Waals surface area contributed by atoms with E-state index in [1.54, 1.807) is 12.1 Å². The quantitative estimate of drug-likeness (QED) is 0.777. The second-order valence-corrected chi connectivity index (χ2v) is 5.45. The first-order chi connectivity index (χ1) is 7.61. The van der Waals surface area contributed by atoms with Crippen LogP contribution in [0, 0.1) is 0 Å². The Balaban J connectivity index is 2.89. The molecule has 0 aliphatic rings. The third-order valence-corrected chi connectivity index (χ3v) is 4.03. The van der Waals surface area contributed by atoms with E-state index in [-0.39, 0.29) is 0 Å². The van der Waals surface area contributed by atoms with Gasteiger partial charge in [-0.15, -0.1) is 0 Å². The molecule has 1 aromatic carbocycles. The number of unbranched alkanes of at least 4 members (excludes halogenated alkanes) is 1. The average Bonchev–Trinajstić information content (AvgIpc) is 2.29. The summed E-state index contributed by atoms with van der Waals surface area (Å²) in [7, 11) is -3.33. The highest BCUT2D eigenvalue weighted by atomic mass is 32.2. The van der Waals surface area contributed by atoms with Gasteiger partial charge in [0, 0.05) is 6.54 Å². The van der Waals surface area contributed by atoms with Crippen LogP contribution in [0.1, 0.15) is 32.3 Å². The summed E-state index contributed by atoms with van der Waals surface area (Å²) in [5, 5.41) is 0. The number of nitrogens with one attached hydrogen (secondary N) is 1. The number of hydrogen-bond acceptors (Lipinski definition) is 2. The minimum Gasteiger partial charge on any atom is -0.211 e. The Hall–Kier alpha value is -0.870. The average molecular weight is 241 g/mol. The van der Waals surface area contributed by atoms with Gasteiger partial charge in [-0.2, -0.15) is 0 Å². The van der Waals surface area contributed by atoms with Crippen LogP contribution in [0.2, 0.25) is 0 Å². The number of rotatable bonds is 6. The van der Waals surface area contributed by atoms with Gasteiger partial charge in [0.05, 0.1) is 4.90 Å². The Morgan fingerprint density at radius 3 is 2.50 bits per heavy atom. The summed E-state index contributed by atoms with van der Waals surface area (Å²) < 4.78 is 26.6. The summed E-state index contributed by atoms with van der Waals surface area (Å²) >= 11 is 0. The Morgan fingerprint density at radius 1 is 1.19 bits per heavy atom. The molecule has 0 spiro atoms. The number of aryl methyl sites for hydroxylation is 1. The van der Waals surface area contributed by atoms with Gasteiger partial charge in [-0.1, -0.05) is 38.5 Å². The first-order valence-corrected chi connectivity index (χ1v) is 7.17. The van der Waals surface area contributed by atoms with Gasteiger partial charge >= 0.3 is 0 Å². The van der Waals surface area contributed by atoms with Crippen molar-refractivity contribution in [3.63, 3.8) is 0 Å². The van der Waals surface area contributed by atoms with Crippen molar-refractivity contribution in [2.24, 2.45) is 0 Å². The molecule has 0 aromatic heterocycles. The molecule has 16 heavy (non-hydrogen) atoms. The van der Waals surface area contributed by atoms with Crippen molar-refractivity contribution in [1.82, 2.24) is 4.72 Å². The Kier molecular flexibility index (Phi) is 4.96. The van der Waals surface area contributed by atoms with Crippen LogP contribution in [-0.4, -0.2) is 15.0 Å². The van der Waals surface area contributed by atoms with Gasteiger partial charge in [-0.25, -0.2) is 13.1 Å². The number of sulfonamides is 1. The van der Waals surface area contributed by atoms with Crippen LogP contribution in [0.4, 0.5) is 0 Å². The Labute approximate surface area is 97.9 Å². The molecule has 90 valence electrons. The molecule has 1 N–H and O–H groups in total. The molecule has 0 saturated carbocycles. The van der Waals surface area contributed by atoms with Crippen LogP contribution in [-0.2, 0) is 16.4 Å². The highest BCUT2D eigenvalue weighted by molar-refractivity contribution is 7.89. The monoisotopic (exact) mass is 241 g/mol. The summed E-state index contributed by atoms with van der Waals surface area (Å²) in [6.45, 7) is 4.51. The van der Waals surface area contributed by atoms with Crippen molar-refractivity contribution in [1.29, 1.82) is 0 Å². The molecule has 4 heteroatoms. The molecule has 0 bridgehead atoms. The van der Waals surface area contributed by atoms with Crippen LogP contribution in [0.25, 0.3) is 0 Å². The first kappa shape index (κ1) is 13.2. The Bertz CT molecular complexity index is 426. The van der Waals surface area contributed by atoms with Crippen LogP contribution in [0.15, 0.2) is 29.2 Å². The molecule has 0 unspecified atom stereocenters. The van der Waals surface area contributed by atoms with Crippen molar-refractivity contribution < 1.29 is 8.42 Å². The summed E-state index contributed by atoms with van der Waals surface area (Å²) in [6, 6.07) is 7.14. The fraction of sp³-hybridized carbons (Fsp3) is 0.500. The highest BCUT2D eigenvalue weighted by Crippen LogP contribution is 2.15. The predicted octanol–water partition coefficient (Wildman–Crippen LogP) is 2.33. The van der Waals surface area contributed by atoms with Gasteiger partial charge < -0.3 is 0 Å². The number of hydrogen-bond donors (Lipinski definition) is 1. The third-order valence-electron chi connectivity index (χ3n) is 2.47. The maximum Gasteiger partial charge on any atom is 0.240 e. The normalized spacial score (nSPS) is 11.6. The van der Waals surface area contributed by atoms with Gasteiger partial charge in [0.1, 0.15) is 0 Å². The molecule has 0 radical (unpaired) electrons. The van der Waals surface area contributed by atoms with E-state index in [1.807, 2.05) is 26.0 Å². The molecular weight excluding hydrogens is 222 g/mol. The fourth-order valence-electron chi connectivity index (χ4n) is 1.52. The maximum atomic E-state index is 12.0. The van der Waals surface area contributed by atoms with Crippen LogP contribution < -0.4 is 4.72 Å². The standard InChI is InChI=1S/C12H19NO2S/c1-3-5-10-13-16(14,15)12-9-7-6-8-11(12)4-2/h6-9,13H,3-5,10H2,1-2H3. The van der Waals surface area contributed by atoms with Crippen molar-refractivity contribution in [3.05, 3.63) is 29.8 Å². The fourth-order valence-corrected chi connectivity index (χ4v) is 2.90. The smallest absolute Gasteiger partial charge is 0.211 e. The summed E-state index contributed by atoms with van der Waals surface area (Å²) in [5.74, 6) is 0. The molecule has 0 heterocycles. The van der Waals surface area contributed by atoms with Crippen molar-refractivity contribution in [3.8, 4) is 0 Å². The lowest BCUT2D eigenvalue weighted by atomic mass is 10.2. The van der Waals surface area contributed by atoms with Gasteiger partial charge in [-0.3, -0.25) is 0 Å². The summed E-state index contributed by atoms with van der Waals surface area (Å²) in [4.78, 5) is 0.411. The molecule has 0 saturated heterocycles. The van der Waals surface area contributed by atoms with E-state index in [0.29, 0.717) is 11.4 Å². The Morgan fingerprint density at radius 2 is 1.88 bits per heavy atom. The topological polar surface area (TPSA) is 46.2 Å².